The van der Waals surface area contributed by atoms with Crippen LogP contribution in [0.15, 0.2) is 78.9 Å². The summed E-state index contributed by atoms with van der Waals surface area (Å²) in [5.41, 5.74) is 2.52. The summed E-state index contributed by atoms with van der Waals surface area (Å²) in [4.78, 5) is 0. The minimum Gasteiger partial charge on any atom is -0.494 e. The molecule has 3 atom stereocenters. The summed E-state index contributed by atoms with van der Waals surface area (Å²) < 4.78 is 11.1. The molecule has 2 nitrogen and oxygen atoms in total. The van der Waals surface area contributed by atoms with Crippen molar-refractivity contribution in [3.05, 3.63) is 95.6 Å². The fourth-order valence-corrected chi connectivity index (χ4v) is 5.57. The first-order valence-corrected chi connectivity index (χ1v) is 10.3. The lowest BCUT2D eigenvalue weighted by Gasteiger charge is -2.31. The van der Waals surface area contributed by atoms with Crippen LogP contribution in [-0.4, -0.2) is 10.9 Å². The standard InChI is InChI=1S/C24H20Cl2O2/c1-2-27-18-14-12-17(13-15-18)23-22(24(23,25)26)21(16-8-4-3-5-9-16)19-10-6-7-11-20(19)28-23/h3-15,21-22H,2H2,1H3/t21-,22-,23-/m0/s1. The van der Waals surface area contributed by atoms with Crippen LogP contribution in [0.3, 0.4) is 0 Å². The van der Waals surface area contributed by atoms with Crippen molar-refractivity contribution < 1.29 is 9.47 Å². The van der Waals surface area contributed by atoms with Crippen molar-refractivity contribution in [2.75, 3.05) is 6.61 Å². The van der Waals surface area contributed by atoms with Crippen LogP contribution >= 0.6 is 23.2 Å². The summed E-state index contributed by atoms with van der Waals surface area (Å²) in [5.74, 6) is 1.64. The van der Waals surface area contributed by atoms with Crippen LogP contribution in [0.5, 0.6) is 11.5 Å². The van der Waals surface area contributed by atoms with Crippen molar-refractivity contribution in [2.45, 2.75) is 22.8 Å². The molecule has 1 aliphatic carbocycles. The van der Waals surface area contributed by atoms with E-state index in [-0.39, 0.29) is 11.8 Å². The van der Waals surface area contributed by atoms with Crippen LogP contribution in [0.25, 0.3) is 0 Å². The Morgan fingerprint density at radius 2 is 1.57 bits per heavy atom. The van der Waals surface area contributed by atoms with Gasteiger partial charge >= 0.3 is 0 Å². The fourth-order valence-electron chi connectivity index (χ4n) is 4.59. The quantitative estimate of drug-likeness (QED) is 0.469. The summed E-state index contributed by atoms with van der Waals surface area (Å²) in [5, 5.41) is 0. The molecule has 0 aromatic heterocycles. The van der Waals surface area contributed by atoms with Gasteiger partial charge in [0.1, 0.15) is 11.5 Å². The molecule has 1 saturated carbocycles. The average molecular weight is 411 g/mol. The molecule has 0 saturated heterocycles. The van der Waals surface area contributed by atoms with Crippen molar-refractivity contribution in [2.24, 2.45) is 5.92 Å². The topological polar surface area (TPSA) is 18.5 Å². The third-order valence-corrected chi connectivity index (χ3v) is 6.88. The Balaban J connectivity index is 1.66. The predicted octanol–water partition coefficient (Wildman–Crippen LogP) is 6.31. The smallest absolute Gasteiger partial charge is 0.174 e. The van der Waals surface area contributed by atoms with Gasteiger partial charge in [-0.25, -0.2) is 0 Å². The highest BCUT2D eigenvalue weighted by Crippen LogP contribution is 2.77. The molecule has 28 heavy (non-hydrogen) atoms. The maximum atomic E-state index is 6.95. The maximum absolute atomic E-state index is 6.95. The van der Waals surface area contributed by atoms with E-state index in [9.17, 15) is 0 Å². The number of ether oxygens (including phenoxy) is 2. The number of halogens is 2. The van der Waals surface area contributed by atoms with E-state index in [4.69, 9.17) is 32.7 Å². The third kappa shape index (κ3) is 2.41. The van der Waals surface area contributed by atoms with Gasteiger partial charge in [0.15, 0.2) is 9.93 Å². The molecular formula is C24H20Cl2O2. The Hall–Kier alpha value is -2.16. The van der Waals surface area contributed by atoms with Crippen molar-refractivity contribution in [1.82, 2.24) is 0 Å². The van der Waals surface area contributed by atoms with Crippen molar-refractivity contribution in [1.29, 1.82) is 0 Å². The predicted molar refractivity (Wildman–Crippen MR) is 113 cm³/mol. The fraction of sp³-hybridized carbons (Fsp3) is 0.250. The van der Waals surface area contributed by atoms with Crippen LogP contribution in [0.2, 0.25) is 0 Å². The molecule has 142 valence electrons. The highest BCUT2D eigenvalue weighted by molar-refractivity contribution is 6.52. The second-order valence-corrected chi connectivity index (χ2v) is 8.71. The molecule has 0 N–H and O–H groups in total. The zero-order chi connectivity index (χ0) is 19.4. The Labute approximate surface area is 175 Å². The number of rotatable bonds is 4. The van der Waals surface area contributed by atoms with Gasteiger partial charge in [-0.3, -0.25) is 0 Å². The lowest BCUT2D eigenvalue weighted by Crippen LogP contribution is -2.28. The summed E-state index contributed by atoms with van der Waals surface area (Å²) in [6.45, 7) is 2.60. The molecule has 4 heteroatoms. The molecule has 3 aromatic rings. The molecule has 1 aliphatic heterocycles. The summed E-state index contributed by atoms with van der Waals surface area (Å²) in [7, 11) is 0. The number of hydrogen-bond acceptors (Lipinski definition) is 2. The van der Waals surface area contributed by atoms with E-state index >= 15 is 0 Å². The number of para-hydroxylation sites is 1. The van der Waals surface area contributed by atoms with Gasteiger partial charge < -0.3 is 9.47 Å². The van der Waals surface area contributed by atoms with E-state index in [1.54, 1.807) is 0 Å². The lowest BCUT2D eigenvalue weighted by molar-refractivity contribution is 0.137. The van der Waals surface area contributed by atoms with E-state index in [0.29, 0.717) is 6.61 Å². The summed E-state index contributed by atoms with van der Waals surface area (Å²) in [6.07, 6.45) is 0. The first-order chi connectivity index (χ1) is 13.6. The molecule has 0 spiro atoms. The van der Waals surface area contributed by atoms with Crippen molar-refractivity contribution >= 4 is 23.2 Å². The Morgan fingerprint density at radius 1 is 0.893 bits per heavy atom. The highest BCUT2D eigenvalue weighted by Gasteiger charge is 2.83. The molecule has 0 bridgehead atoms. The number of benzene rings is 3. The molecular weight excluding hydrogens is 391 g/mol. The number of hydrogen-bond donors (Lipinski definition) is 0. The first-order valence-electron chi connectivity index (χ1n) is 9.53. The minimum atomic E-state index is -1.03. The minimum absolute atomic E-state index is 0.0627. The number of alkyl halides is 2. The Bertz CT molecular complexity index is 1000. The molecule has 2 aliphatic rings. The Morgan fingerprint density at radius 3 is 2.29 bits per heavy atom. The van der Waals surface area contributed by atoms with Gasteiger partial charge in [0, 0.05) is 11.5 Å². The summed E-state index contributed by atoms with van der Waals surface area (Å²) in [6, 6.07) is 26.5. The SMILES string of the molecule is CCOc1ccc([C@]23Oc4ccccc4[C@H](c4ccccc4)[C@@H]2C3(Cl)Cl)cc1. The normalized spacial score (nSPS) is 26.5. The second-order valence-electron chi connectivity index (χ2n) is 7.32. The van der Waals surface area contributed by atoms with Gasteiger partial charge in [-0.05, 0) is 36.2 Å². The zero-order valence-corrected chi connectivity index (χ0v) is 17.0. The van der Waals surface area contributed by atoms with Crippen molar-refractivity contribution in [3.8, 4) is 11.5 Å². The van der Waals surface area contributed by atoms with Gasteiger partial charge in [-0.15, -0.1) is 0 Å². The molecule has 1 fully saturated rings. The van der Waals surface area contributed by atoms with Crippen molar-refractivity contribution in [3.63, 3.8) is 0 Å². The first kappa shape index (κ1) is 17.9. The van der Waals surface area contributed by atoms with Gasteiger partial charge in [-0.2, -0.15) is 0 Å². The molecule has 3 aromatic carbocycles. The van der Waals surface area contributed by atoms with Crippen LogP contribution in [0.4, 0.5) is 0 Å². The zero-order valence-electron chi connectivity index (χ0n) is 15.4. The largest absolute Gasteiger partial charge is 0.494 e. The van der Waals surface area contributed by atoms with E-state index in [1.807, 2.05) is 55.5 Å². The highest BCUT2D eigenvalue weighted by atomic mass is 35.5. The van der Waals surface area contributed by atoms with Gasteiger partial charge in [0.05, 0.1) is 12.5 Å². The second kappa shape index (κ2) is 6.43. The molecule has 5 rings (SSSR count). The van der Waals surface area contributed by atoms with Crippen LogP contribution in [-0.2, 0) is 5.60 Å². The van der Waals surface area contributed by atoms with Gasteiger partial charge in [-0.1, -0.05) is 83.9 Å². The van der Waals surface area contributed by atoms with E-state index in [0.717, 1.165) is 22.6 Å². The Kier molecular flexibility index (Phi) is 4.12. The van der Waals surface area contributed by atoms with Crippen LogP contribution in [0, 0.1) is 5.92 Å². The summed E-state index contributed by atoms with van der Waals surface area (Å²) >= 11 is 13.9. The lowest BCUT2D eigenvalue weighted by atomic mass is 9.82. The van der Waals surface area contributed by atoms with E-state index < -0.39 is 9.93 Å². The van der Waals surface area contributed by atoms with E-state index in [2.05, 4.69) is 30.3 Å². The van der Waals surface area contributed by atoms with Crippen LogP contribution in [0.1, 0.15) is 29.5 Å². The third-order valence-electron chi connectivity index (χ3n) is 5.85. The molecule has 0 amide bonds. The average Bonchev–Trinajstić information content (AvgIpc) is 3.23. The maximum Gasteiger partial charge on any atom is 0.174 e. The molecule has 0 radical (unpaired) electrons. The van der Waals surface area contributed by atoms with E-state index in [1.165, 1.54) is 5.56 Å². The monoisotopic (exact) mass is 410 g/mol. The number of fused-ring (bicyclic) bond motifs is 2. The molecule has 1 heterocycles. The molecule has 0 unspecified atom stereocenters. The van der Waals surface area contributed by atoms with Gasteiger partial charge in [0.2, 0.25) is 0 Å². The van der Waals surface area contributed by atoms with Gasteiger partial charge in [0.25, 0.3) is 0 Å². The van der Waals surface area contributed by atoms with Crippen LogP contribution < -0.4 is 9.47 Å².